The monoisotopic (exact) mass is 406 g/mol. The molecule has 4 aromatic rings. The molecule has 6 nitrogen and oxygen atoms in total. The minimum Gasteiger partial charge on any atom is -0.367 e. The van der Waals surface area contributed by atoms with Crippen LogP contribution in [0, 0.1) is 24.5 Å². The van der Waals surface area contributed by atoms with Crippen LogP contribution < -0.4 is 5.32 Å². The molecule has 0 amide bonds. The fourth-order valence-electron chi connectivity index (χ4n) is 3.42. The van der Waals surface area contributed by atoms with Crippen molar-refractivity contribution in [2.24, 2.45) is 5.92 Å². The lowest BCUT2D eigenvalue weighted by Gasteiger charge is -2.09. The number of hydrogen-bond acceptors (Lipinski definition) is 5. The molecule has 1 N–H and O–H groups in total. The summed E-state index contributed by atoms with van der Waals surface area (Å²) in [5.41, 5.74) is 1.84. The van der Waals surface area contributed by atoms with Crippen LogP contribution in [-0.2, 0) is 6.54 Å². The Morgan fingerprint density at radius 2 is 1.93 bits per heavy atom. The second kappa shape index (κ2) is 7.44. The maximum Gasteiger partial charge on any atom is 0.186 e. The van der Waals surface area contributed by atoms with Gasteiger partial charge in [-0.15, -0.1) is 0 Å². The summed E-state index contributed by atoms with van der Waals surface area (Å²) >= 11 is 0. The van der Waals surface area contributed by atoms with Gasteiger partial charge in [0, 0.05) is 18.3 Å². The largest absolute Gasteiger partial charge is 0.367 e. The number of anilines is 1. The van der Waals surface area contributed by atoms with Gasteiger partial charge >= 0.3 is 0 Å². The van der Waals surface area contributed by atoms with Crippen LogP contribution in [0.15, 0.2) is 42.6 Å². The number of aryl methyl sites for hydroxylation is 1. The number of fused-ring (bicyclic) bond motifs is 1. The van der Waals surface area contributed by atoms with Crippen LogP contribution in [0.25, 0.3) is 22.6 Å². The lowest BCUT2D eigenvalue weighted by atomic mass is 10.2. The van der Waals surface area contributed by atoms with E-state index in [2.05, 4.69) is 25.4 Å². The molecule has 1 aliphatic rings. The van der Waals surface area contributed by atoms with Gasteiger partial charge in [0.2, 0.25) is 0 Å². The first kappa shape index (κ1) is 18.6. The summed E-state index contributed by atoms with van der Waals surface area (Å²) in [5, 5.41) is 8.46. The molecule has 5 rings (SSSR count). The van der Waals surface area contributed by atoms with Gasteiger partial charge in [0.15, 0.2) is 23.1 Å². The molecule has 30 heavy (non-hydrogen) atoms. The summed E-state index contributed by atoms with van der Waals surface area (Å²) in [4.78, 5) is 13.2. The second-order valence-corrected chi connectivity index (χ2v) is 7.59. The normalized spacial score (nSPS) is 13.7. The molecule has 1 aliphatic carbocycles. The molecule has 3 heterocycles. The highest BCUT2D eigenvalue weighted by Crippen LogP contribution is 2.30. The summed E-state index contributed by atoms with van der Waals surface area (Å²) in [6, 6.07) is 10.2. The molecular weight excluding hydrogens is 386 g/mol. The number of rotatable bonds is 6. The third-order valence-corrected chi connectivity index (χ3v) is 5.27. The van der Waals surface area contributed by atoms with E-state index >= 15 is 0 Å². The highest BCUT2D eigenvalue weighted by Gasteiger charge is 2.23. The average Bonchev–Trinajstić information content (AvgIpc) is 3.51. The van der Waals surface area contributed by atoms with Gasteiger partial charge in [-0.2, -0.15) is 5.10 Å². The minimum atomic E-state index is -0.451. The smallest absolute Gasteiger partial charge is 0.186 e. The standard InChI is InChI=1S/C22H20F2N6/c1-13-18(24)20(26-11-14-8-9-14)28-21(27-13)19-16-6-4-10-25-22(16)30(29-19)12-15-5-2-3-7-17(15)23/h2-7,10,14H,8-9,11-12H2,1H3,(H,26,27,28). The third-order valence-electron chi connectivity index (χ3n) is 5.27. The summed E-state index contributed by atoms with van der Waals surface area (Å²) in [6.07, 6.45) is 3.97. The van der Waals surface area contributed by atoms with E-state index in [4.69, 9.17) is 0 Å². The number of aromatic nitrogens is 5. The number of benzene rings is 1. The number of nitrogens with zero attached hydrogens (tertiary/aromatic N) is 5. The molecular formula is C22H20F2N6. The van der Waals surface area contributed by atoms with E-state index in [0.717, 1.165) is 18.2 Å². The van der Waals surface area contributed by atoms with Gasteiger partial charge in [0.05, 0.1) is 17.6 Å². The Bertz CT molecular complexity index is 1230. The molecule has 1 saturated carbocycles. The average molecular weight is 406 g/mol. The van der Waals surface area contributed by atoms with E-state index in [0.29, 0.717) is 35.2 Å². The Labute approximate surface area is 172 Å². The maximum atomic E-state index is 14.6. The van der Waals surface area contributed by atoms with E-state index in [-0.39, 0.29) is 23.9 Å². The van der Waals surface area contributed by atoms with Gasteiger partial charge in [-0.3, -0.25) is 0 Å². The number of nitrogens with one attached hydrogen (secondary N) is 1. The third kappa shape index (κ3) is 3.49. The molecule has 0 spiro atoms. The topological polar surface area (TPSA) is 68.5 Å². The van der Waals surface area contributed by atoms with E-state index in [1.54, 1.807) is 42.1 Å². The molecule has 3 aromatic heterocycles. The molecule has 0 radical (unpaired) electrons. The van der Waals surface area contributed by atoms with Gasteiger partial charge in [-0.1, -0.05) is 18.2 Å². The van der Waals surface area contributed by atoms with Crippen LogP contribution in [-0.4, -0.2) is 31.3 Å². The van der Waals surface area contributed by atoms with Crippen molar-refractivity contribution >= 4 is 16.9 Å². The predicted molar refractivity (Wildman–Crippen MR) is 110 cm³/mol. The van der Waals surface area contributed by atoms with E-state index in [9.17, 15) is 8.78 Å². The van der Waals surface area contributed by atoms with Crippen LogP contribution >= 0.6 is 0 Å². The lowest BCUT2D eigenvalue weighted by Crippen LogP contribution is -2.10. The first-order valence-corrected chi connectivity index (χ1v) is 9.93. The number of halogens is 2. The zero-order valence-corrected chi connectivity index (χ0v) is 16.4. The SMILES string of the molecule is Cc1nc(-c2nn(Cc3ccccc3F)c3ncccc23)nc(NCC2CC2)c1F. The Morgan fingerprint density at radius 1 is 1.10 bits per heavy atom. The second-order valence-electron chi connectivity index (χ2n) is 7.59. The molecule has 0 aliphatic heterocycles. The molecule has 0 saturated heterocycles. The zero-order chi connectivity index (χ0) is 20.7. The van der Waals surface area contributed by atoms with Crippen molar-refractivity contribution < 1.29 is 8.78 Å². The van der Waals surface area contributed by atoms with Gasteiger partial charge < -0.3 is 5.32 Å². The van der Waals surface area contributed by atoms with Crippen molar-refractivity contribution in [1.29, 1.82) is 0 Å². The number of pyridine rings is 1. The van der Waals surface area contributed by atoms with E-state index in [1.165, 1.54) is 6.07 Å². The van der Waals surface area contributed by atoms with Crippen LogP contribution in [0.3, 0.4) is 0 Å². The minimum absolute atomic E-state index is 0.185. The number of hydrogen-bond donors (Lipinski definition) is 1. The van der Waals surface area contributed by atoms with Crippen LogP contribution in [0.5, 0.6) is 0 Å². The van der Waals surface area contributed by atoms with Crippen LogP contribution in [0.2, 0.25) is 0 Å². The van der Waals surface area contributed by atoms with Gasteiger partial charge in [0.1, 0.15) is 11.5 Å². The first-order valence-electron chi connectivity index (χ1n) is 9.93. The van der Waals surface area contributed by atoms with Crippen molar-refractivity contribution in [3.05, 3.63) is 65.5 Å². The quantitative estimate of drug-likeness (QED) is 0.516. The molecule has 8 heteroatoms. The Balaban J connectivity index is 1.58. The summed E-state index contributed by atoms with van der Waals surface area (Å²) in [5.74, 6) is 0.322. The highest BCUT2D eigenvalue weighted by atomic mass is 19.1. The molecule has 152 valence electrons. The van der Waals surface area contributed by atoms with Gasteiger partial charge in [0.25, 0.3) is 0 Å². The Kier molecular flexibility index (Phi) is 4.61. The zero-order valence-electron chi connectivity index (χ0n) is 16.4. The van der Waals surface area contributed by atoms with Crippen LogP contribution in [0.4, 0.5) is 14.6 Å². The summed E-state index contributed by atoms with van der Waals surface area (Å²) in [7, 11) is 0. The van der Waals surface area contributed by atoms with Crippen molar-refractivity contribution in [2.75, 3.05) is 11.9 Å². The fourth-order valence-corrected chi connectivity index (χ4v) is 3.42. The predicted octanol–water partition coefficient (Wildman–Crippen LogP) is 4.35. The Hall–Kier alpha value is -3.42. The van der Waals surface area contributed by atoms with Crippen molar-refractivity contribution in [3.63, 3.8) is 0 Å². The molecule has 1 fully saturated rings. The lowest BCUT2D eigenvalue weighted by molar-refractivity contribution is 0.589. The Morgan fingerprint density at radius 3 is 2.73 bits per heavy atom. The van der Waals surface area contributed by atoms with Gasteiger partial charge in [-0.05, 0) is 43.9 Å². The molecule has 0 unspecified atom stereocenters. The maximum absolute atomic E-state index is 14.6. The first-order chi connectivity index (χ1) is 14.6. The molecule has 0 atom stereocenters. The van der Waals surface area contributed by atoms with E-state index < -0.39 is 5.82 Å². The van der Waals surface area contributed by atoms with Gasteiger partial charge in [-0.25, -0.2) is 28.4 Å². The van der Waals surface area contributed by atoms with Crippen molar-refractivity contribution in [1.82, 2.24) is 24.7 Å². The molecule has 1 aromatic carbocycles. The van der Waals surface area contributed by atoms with Crippen molar-refractivity contribution in [3.8, 4) is 11.5 Å². The van der Waals surface area contributed by atoms with Crippen molar-refractivity contribution in [2.45, 2.75) is 26.3 Å². The highest BCUT2D eigenvalue weighted by molar-refractivity contribution is 5.89. The van der Waals surface area contributed by atoms with Crippen LogP contribution in [0.1, 0.15) is 24.1 Å². The molecule has 0 bridgehead atoms. The van der Waals surface area contributed by atoms with E-state index in [1.807, 2.05) is 6.07 Å². The summed E-state index contributed by atoms with van der Waals surface area (Å²) < 4.78 is 30.4. The fraction of sp³-hybridized carbons (Fsp3) is 0.273. The summed E-state index contributed by atoms with van der Waals surface area (Å²) in [6.45, 7) is 2.52.